The third-order valence-corrected chi connectivity index (χ3v) is 23.6. The highest BCUT2D eigenvalue weighted by molar-refractivity contribution is 7.91. The molecule has 0 fully saturated rings. The first kappa shape index (κ1) is 110. The fourth-order valence-corrected chi connectivity index (χ4v) is 16.9. The van der Waals surface area contributed by atoms with Gasteiger partial charge in [-0.15, -0.1) is 0 Å². The SMILES string of the molecule is CC(C)(C)OC(=O)CN(C(=O)c1c(F)cccc1F)c1cccc(-c2ccc(S(C)(=O)=O)c(Cl)c2)c1.CC(C)(C)OC(=O)CN(C(=O)c1c(F)cccc1F)c1cccc(-c2ccc3c(ccn3S(=O)(=O)c3ccccc3)c2)c1.CCC(=O)Nc1ccc(-c2cccc(N(CC(=O)OC(C)(C)C)C(=O)c3c(F)cccc3F)c2)cc1.COC(=O)c1cccc(N(CC(=O)OC(C)(C)C)C(=O)c2c(F)cccc2F)c1. The van der Waals surface area contributed by atoms with Crippen LogP contribution >= 0.6 is 11.6 Å². The van der Waals surface area contributed by atoms with E-state index >= 15 is 0 Å². The fourth-order valence-electron chi connectivity index (χ4n) is 14.1. The number of amides is 5. The van der Waals surface area contributed by atoms with E-state index in [0.717, 1.165) is 104 Å². The average molecular weight is 2040 g/mol. The quantitative estimate of drug-likeness (QED) is 0.0316. The molecule has 752 valence electrons. The number of esters is 5. The van der Waals surface area contributed by atoms with Gasteiger partial charge in [0.2, 0.25) is 5.91 Å². The monoisotopic (exact) mass is 2040 g/mol. The summed E-state index contributed by atoms with van der Waals surface area (Å²) in [5.74, 6) is -16.5. The number of aromatic nitrogens is 1. The van der Waals surface area contributed by atoms with E-state index in [2.05, 4.69) is 10.1 Å². The lowest BCUT2D eigenvalue weighted by Gasteiger charge is -2.26. The molecule has 0 unspecified atom stereocenters. The number of anilines is 5. The standard InChI is InChI=1S/C33H28F2N2O5S.C28H28F2N2O4.C26H24ClF2NO5S.C21H21F2NO5/c1-33(2,3)42-30(38)21-36(32(39)31-27(34)13-8-14-28(31)35)25-10-7-9-22(20-25)23-15-16-29-24(19-23)17-18-37(29)43(40,41)26-11-5-4-6-12-26;1-5-24(33)31-20-14-12-18(13-15-20)19-8-6-9-21(16-19)32(17-25(34)36-28(2,3)4)27(35)26-22(29)10-7-11-23(26)30;1-26(2,3)35-23(31)15-30(25(32)24-20(28)9-6-10-21(24)29)18-8-5-7-16(13-18)17-11-12-22(19(27)14-17)36(4,33)34;1-21(2,3)29-17(25)12-24(14-8-5-7-13(11-14)20(27)28-4)19(26)18-15(22)9-6-10-16(18)23/h4-20H,21H2,1-3H3;6-16H,5,17H2,1-4H3,(H,31,33);5-14H,15H2,1-4H3;5-11H,12H2,1-4H3. The Kier molecular flexibility index (Phi) is 36.0. The van der Waals surface area contributed by atoms with Crippen molar-refractivity contribution >= 4 is 130 Å². The Bertz CT molecular complexity index is 7190. The number of fused-ring (bicyclic) bond motifs is 1. The Balaban J connectivity index is 0.000000199. The topological polar surface area (TPSA) is 315 Å². The van der Waals surface area contributed by atoms with Crippen LogP contribution in [0.1, 0.15) is 148 Å². The van der Waals surface area contributed by atoms with Crippen LogP contribution in [0, 0.1) is 46.5 Å². The molecule has 12 aromatic carbocycles. The number of ether oxygens (including phenoxy) is 5. The van der Waals surface area contributed by atoms with Crippen LogP contribution in [0.25, 0.3) is 44.3 Å². The lowest BCUT2D eigenvalue weighted by Crippen LogP contribution is -2.39. The largest absolute Gasteiger partial charge is 0.465 e. The van der Waals surface area contributed by atoms with Crippen molar-refractivity contribution < 1.29 is 124 Å². The van der Waals surface area contributed by atoms with Gasteiger partial charge in [0, 0.05) is 52.7 Å². The van der Waals surface area contributed by atoms with Gasteiger partial charge in [-0.25, -0.2) is 60.7 Å². The number of carbonyl (C=O) groups is 10. The number of benzene rings is 12. The van der Waals surface area contributed by atoms with Crippen molar-refractivity contribution in [3.05, 3.63) is 352 Å². The molecule has 0 saturated carbocycles. The van der Waals surface area contributed by atoms with Gasteiger partial charge in [0.15, 0.2) is 9.84 Å². The highest BCUT2D eigenvalue weighted by Gasteiger charge is 2.36. The summed E-state index contributed by atoms with van der Waals surface area (Å²) < 4.78 is 193. The predicted molar refractivity (Wildman–Crippen MR) is 530 cm³/mol. The molecule has 13 rings (SSSR count). The summed E-state index contributed by atoms with van der Waals surface area (Å²) in [6.07, 6.45) is 2.88. The molecule has 0 aliphatic heterocycles. The van der Waals surface area contributed by atoms with Crippen LogP contribution < -0.4 is 24.9 Å². The minimum Gasteiger partial charge on any atom is -0.465 e. The normalized spacial score (nSPS) is 11.4. The van der Waals surface area contributed by atoms with Crippen molar-refractivity contribution in [2.45, 2.75) is 129 Å². The minimum atomic E-state index is -3.82. The lowest BCUT2D eigenvalue weighted by molar-refractivity contribution is -0.154. The van der Waals surface area contributed by atoms with Crippen molar-refractivity contribution in [2.75, 3.05) is 64.5 Å². The first-order valence-corrected chi connectivity index (χ1v) is 48.0. The van der Waals surface area contributed by atoms with E-state index in [1.54, 1.807) is 217 Å². The van der Waals surface area contributed by atoms with Gasteiger partial charge in [0.05, 0.1) is 33.0 Å². The molecule has 0 spiro atoms. The van der Waals surface area contributed by atoms with E-state index in [0.29, 0.717) is 50.8 Å². The van der Waals surface area contributed by atoms with Gasteiger partial charge < -0.3 is 29.0 Å². The molecular weight excluding hydrogens is 1940 g/mol. The second-order valence-electron chi connectivity index (χ2n) is 36.1. The number of rotatable bonds is 25. The van der Waals surface area contributed by atoms with Crippen LogP contribution in [0.2, 0.25) is 5.02 Å². The summed E-state index contributed by atoms with van der Waals surface area (Å²) in [4.78, 5) is 131. The van der Waals surface area contributed by atoms with Crippen LogP contribution in [-0.4, -0.2) is 142 Å². The highest BCUT2D eigenvalue weighted by atomic mass is 35.5. The van der Waals surface area contributed by atoms with Gasteiger partial charge in [0.25, 0.3) is 33.7 Å². The molecule has 0 atom stereocenters. The Hall–Kier alpha value is -15.5. The predicted octanol–water partition coefficient (Wildman–Crippen LogP) is 22.2. The summed E-state index contributed by atoms with van der Waals surface area (Å²) in [5, 5.41) is 3.43. The Morgan fingerprint density at radius 3 is 0.986 bits per heavy atom. The maximum absolute atomic E-state index is 14.6. The molecule has 1 N–H and O–H groups in total. The number of hydrogen-bond acceptors (Lipinski definition) is 19. The van der Waals surface area contributed by atoms with Gasteiger partial charge in [-0.1, -0.05) is 128 Å². The van der Waals surface area contributed by atoms with Gasteiger partial charge in [0.1, 0.15) is 117 Å². The third-order valence-electron chi connectivity index (χ3n) is 20.3. The Morgan fingerprint density at radius 1 is 0.354 bits per heavy atom. The van der Waals surface area contributed by atoms with E-state index < -0.39 is 191 Å². The molecule has 0 bridgehead atoms. The Labute approximate surface area is 831 Å². The van der Waals surface area contributed by atoms with Crippen LogP contribution in [0.5, 0.6) is 0 Å². The van der Waals surface area contributed by atoms with E-state index in [4.69, 9.17) is 30.5 Å². The van der Waals surface area contributed by atoms with Crippen LogP contribution in [0.3, 0.4) is 0 Å². The number of nitrogens with zero attached hydrogens (tertiary/aromatic N) is 5. The maximum Gasteiger partial charge on any atom is 0.337 e. The summed E-state index contributed by atoms with van der Waals surface area (Å²) in [7, 11) is -6.17. The molecule has 5 amide bonds. The van der Waals surface area contributed by atoms with Crippen LogP contribution in [0.4, 0.5) is 63.6 Å². The van der Waals surface area contributed by atoms with Gasteiger partial charge >= 0.3 is 29.8 Å². The zero-order valence-electron chi connectivity index (χ0n) is 80.7. The summed E-state index contributed by atoms with van der Waals surface area (Å²) in [6.45, 7) is 19.3. The average Bonchev–Trinajstić information content (AvgIpc) is 1.61. The second-order valence-corrected chi connectivity index (χ2v) is 40.3. The van der Waals surface area contributed by atoms with Gasteiger partial charge in [-0.05, 0) is 274 Å². The molecular formula is C108H101ClF8N6O19S2. The van der Waals surface area contributed by atoms with Crippen molar-refractivity contribution in [1.82, 2.24) is 3.97 Å². The number of methoxy groups -OCH3 is 1. The number of nitrogens with one attached hydrogen (secondary N) is 1. The zero-order chi connectivity index (χ0) is 106. The first-order valence-electron chi connectivity index (χ1n) is 44.3. The minimum absolute atomic E-state index is 0.00974. The highest BCUT2D eigenvalue weighted by Crippen LogP contribution is 2.37. The van der Waals surface area contributed by atoms with Gasteiger partial charge in [-0.3, -0.25) is 62.8 Å². The van der Waals surface area contributed by atoms with Crippen molar-refractivity contribution in [3.8, 4) is 33.4 Å². The zero-order valence-corrected chi connectivity index (χ0v) is 83.1. The molecule has 0 radical (unpaired) electrons. The van der Waals surface area contributed by atoms with Crippen molar-refractivity contribution in [2.24, 2.45) is 0 Å². The third kappa shape index (κ3) is 29.6. The van der Waals surface area contributed by atoms with Gasteiger partial charge in [-0.2, -0.15) is 0 Å². The Morgan fingerprint density at radius 2 is 0.660 bits per heavy atom. The van der Waals surface area contributed by atoms with Crippen molar-refractivity contribution in [1.29, 1.82) is 0 Å². The van der Waals surface area contributed by atoms with Crippen LogP contribution in [-0.2, 0) is 67.5 Å². The second kappa shape index (κ2) is 46.9. The molecule has 144 heavy (non-hydrogen) atoms. The number of carbonyl (C=O) groups excluding carboxylic acids is 10. The molecule has 25 nitrogen and oxygen atoms in total. The van der Waals surface area contributed by atoms with E-state index in [9.17, 15) is 99.9 Å². The van der Waals surface area contributed by atoms with Crippen LogP contribution in [0.15, 0.2) is 283 Å². The summed E-state index contributed by atoms with van der Waals surface area (Å²) in [5.41, 5.74) is -0.810. The molecule has 36 heteroatoms. The maximum atomic E-state index is 14.6. The summed E-state index contributed by atoms with van der Waals surface area (Å²) in [6, 6.07) is 63.8. The van der Waals surface area contributed by atoms with Crippen molar-refractivity contribution in [3.63, 3.8) is 0 Å². The first-order chi connectivity index (χ1) is 67.5. The van der Waals surface area contributed by atoms with E-state index in [1.807, 2.05) is 0 Å². The lowest BCUT2D eigenvalue weighted by atomic mass is 10.0. The number of halogens is 9. The molecule has 0 saturated heterocycles. The molecule has 0 aliphatic rings. The van der Waals surface area contributed by atoms with E-state index in [1.165, 1.54) is 84.0 Å². The number of sulfone groups is 1. The summed E-state index contributed by atoms with van der Waals surface area (Å²) >= 11 is 6.17. The molecule has 0 aliphatic carbocycles. The fraction of sp³-hybridized carbons (Fsp3) is 0.222. The molecule has 13 aromatic rings. The smallest absolute Gasteiger partial charge is 0.337 e. The molecule has 1 aromatic heterocycles. The molecule has 1 heterocycles. The number of hydrogen-bond donors (Lipinski definition) is 1. The van der Waals surface area contributed by atoms with E-state index in [-0.39, 0.29) is 49.0 Å².